The molecule has 0 saturated carbocycles. The molecule has 0 spiro atoms. The first-order valence-electron chi connectivity index (χ1n) is 8.39. The average molecular weight is 349 g/mol. The Balaban J connectivity index is 4.69. The average Bonchev–Trinajstić information content (AvgIpc) is 2.57. The molecular weight excluding hydrogens is 312 g/mol. The maximum Gasteiger partial charge on any atom is 0.337 e. The Morgan fingerprint density at radius 3 is 1.55 bits per heavy atom. The fraction of sp³-hybridized carbons (Fsp3) is 0.875. The van der Waals surface area contributed by atoms with E-state index in [2.05, 4.69) is 26.0 Å². The number of hydrogen-bond donors (Lipinski definition) is 0. The predicted octanol–water partition coefficient (Wildman–Crippen LogP) is 4.61. The summed E-state index contributed by atoms with van der Waals surface area (Å²) in [5, 5.41) is 0. The minimum absolute atomic E-state index is 0.952. The third kappa shape index (κ3) is 7.52. The van der Waals surface area contributed by atoms with Crippen molar-refractivity contribution in [2.75, 3.05) is 28.4 Å². The molecule has 0 aliphatic rings. The zero-order chi connectivity index (χ0) is 16.9. The second-order valence-electron chi connectivity index (χ2n) is 5.70. The van der Waals surface area contributed by atoms with Gasteiger partial charge in [0.15, 0.2) is 0 Å². The summed E-state index contributed by atoms with van der Waals surface area (Å²) in [6.07, 6.45) is 8.83. The van der Waals surface area contributed by atoms with Gasteiger partial charge in [0, 0.05) is 28.4 Å². The Kier molecular flexibility index (Phi) is 12.4. The van der Waals surface area contributed by atoms with Gasteiger partial charge in [-0.05, 0) is 43.9 Å². The highest BCUT2D eigenvalue weighted by Gasteiger charge is 2.42. The van der Waals surface area contributed by atoms with Crippen LogP contribution in [0.25, 0.3) is 0 Å². The molecule has 0 saturated heterocycles. The van der Waals surface area contributed by atoms with Gasteiger partial charge >= 0.3 is 17.1 Å². The Hall–Kier alpha value is 0.0138. The smallest absolute Gasteiger partial charge is 0.337 e. The number of hydrogen-bond acceptors (Lipinski definition) is 4. The SMILES string of the molecule is C/C=C/CCC[Si](CC[Si](CCCC)(OC)OC)(OC)OC. The topological polar surface area (TPSA) is 36.9 Å². The van der Waals surface area contributed by atoms with E-state index in [1.54, 1.807) is 28.4 Å². The normalized spacial score (nSPS) is 13.2. The van der Waals surface area contributed by atoms with Gasteiger partial charge in [0.2, 0.25) is 0 Å². The predicted molar refractivity (Wildman–Crippen MR) is 97.7 cm³/mol. The first kappa shape index (κ1) is 22.0. The van der Waals surface area contributed by atoms with Gasteiger partial charge in [-0.1, -0.05) is 31.9 Å². The van der Waals surface area contributed by atoms with Crippen LogP contribution in [0, 0.1) is 0 Å². The highest BCUT2D eigenvalue weighted by Crippen LogP contribution is 2.30. The van der Waals surface area contributed by atoms with E-state index in [0.29, 0.717) is 0 Å². The molecule has 0 aliphatic carbocycles. The standard InChI is InChI=1S/C16H36O4Si2/c1-7-9-11-12-14-22(19-5,20-6)16-15-21(17-3,18-4)13-10-8-2/h7,9H,8,10-16H2,1-6H3/b9-7+. The molecule has 0 radical (unpaired) electrons. The molecule has 0 fully saturated rings. The van der Waals surface area contributed by atoms with Gasteiger partial charge in [-0.2, -0.15) is 0 Å². The zero-order valence-electron chi connectivity index (χ0n) is 15.4. The number of unbranched alkanes of at least 4 members (excludes halogenated alkanes) is 2. The van der Waals surface area contributed by atoms with Crippen LogP contribution in [-0.2, 0) is 17.7 Å². The van der Waals surface area contributed by atoms with Crippen molar-refractivity contribution in [3.63, 3.8) is 0 Å². The Morgan fingerprint density at radius 1 is 0.727 bits per heavy atom. The maximum absolute atomic E-state index is 5.86. The molecule has 0 aromatic carbocycles. The van der Waals surface area contributed by atoms with E-state index in [1.807, 2.05) is 0 Å². The molecule has 22 heavy (non-hydrogen) atoms. The summed E-state index contributed by atoms with van der Waals surface area (Å²) in [4.78, 5) is 0. The van der Waals surface area contributed by atoms with E-state index in [-0.39, 0.29) is 0 Å². The van der Waals surface area contributed by atoms with Crippen LogP contribution in [0.5, 0.6) is 0 Å². The van der Waals surface area contributed by atoms with Crippen LogP contribution in [0.1, 0.15) is 39.5 Å². The van der Waals surface area contributed by atoms with Crippen LogP contribution in [0.2, 0.25) is 24.2 Å². The molecule has 0 atom stereocenters. The molecule has 132 valence electrons. The second kappa shape index (κ2) is 12.4. The van der Waals surface area contributed by atoms with Gasteiger partial charge in [0.25, 0.3) is 0 Å². The van der Waals surface area contributed by atoms with Crippen molar-refractivity contribution in [2.24, 2.45) is 0 Å². The van der Waals surface area contributed by atoms with Crippen molar-refractivity contribution in [3.05, 3.63) is 12.2 Å². The van der Waals surface area contributed by atoms with E-state index < -0.39 is 17.1 Å². The first-order chi connectivity index (χ1) is 10.6. The van der Waals surface area contributed by atoms with Crippen molar-refractivity contribution in [2.45, 2.75) is 63.7 Å². The van der Waals surface area contributed by atoms with E-state index in [0.717, 1.165) is 43.4 Å². The Morgan fingerprint density at radius 2 is 1.18 bits per heavy atom. The minimum Gasteiger partial charge on any atom is -0.398 e. The summed E-state index contributed by atoms with van der Waals surface area (Å²) in [5.41, 5.74) is 0. The molecular formula is C16H36O4Si2. The van der Waals surface area contributed by atoms with Crippen LogP contribution in [0.15, 0.2) is 12.2 Å². The van der Waals surface area contributed by atoms with Crippen LogP contribution < -0.4 is 0 Å². The summed E-state index contributed by atoms with van der Waals surface area (Å²) < 4.78 is 23.4. The molecule has 0 aromatic heterocycles. The molecule has 0 aliphatic heterocycles. The van der Waals surface area contributed by atoms with Crippen LogP contribution in [0.4, 0.5) is 0 Å². The lowest BCUT2D eigenvalue weighted by molar-refractivity contribution is 0.227. The lowest BCUT2D eigenvalue weighted by atomic mass is 10.3. The van der Waals surface area contributed by atoms with Crippen molar-refractivity contribution < 1.29 is 17.7 Å². The third-order valence-corrected chi connectivity index (χ3v) is 12.2. The molecule has 0 aromatic rings. The fourth-order valence-electron chi connectivity index (χ4n) is 2.72. The van der Waals surface area contributed by atoms with Gasteiger partial charge in [0.05, 0.1) is 0 Å². The van der Waals surface area contributed by atoms with Crippen LogP contribution in [-0.4, -0.2) is 45.6 Å². The molecule has 0 N–H and O–H groups in total. The maximum atomic E-state index is 5.86. The first-order valence-corrected chi connectivity index (χ1v) is 12.9. The zero-order valence-corrected chi connectivity index (χ0v) is 17.4. The second-order valence-corrected chi connectivity index (χ2v) is 13.0. The third-order valence-electron chi connectivity index (χ3n) is 4.45. The van der Waals surface area contributed by atoms with E-state index >= 15 is 0 Å². The Bertz CT molecular complexity index is 290. The summed E-state index contributed by atoms with van der Waals surface area (Å²) >= 11 is 0. The summed E-state index contributed by atoms with van der Waals surface area (Å²) in [5.74, 6) is 0. The van der Waals surface area contributed by atoms with E-state index in [9.17, 15) is 0 Å². The van der Waals surface area contributed by atoms with Crippen molar-refractivity contribution >= 4 is 17.1 Å². The number of rotatable bonds is 14. The minimum atomic E-state index is -2.13. The molecule has 0 rings (SSSR count). The molecule has 4 nitrogen and oxygen atoms in total. The quantitative estimate of drug-likeness (QED) is 0.261. The van der Waals surface area contributed by atoms with Gasteiger partial charge in [0.1, 0.15) is 0 Å². The van der Waals surface area contributed by atoms with Crippen molar-refractivity contribution in [1.82, 2.24) is 0 Å². The van der Waals surface area contributed by atoms with Gasteiger partial charge in [-0.15, -0.1) is 0 Å². The van der Waals surface area contributed by atoms with Crippen LogP contribution in [0.3, 0.4) is 0 Å². The highest BCUT2D eigenvalue weighted by atomic mass is 28.4. The summed E-state index contributed by atoms with van der Waals surface area (Å²) in [6.45, 7) is 4.26. The monoisotopic (exact) mass is 348 g/mol. The number of allylic oxidation sites excluding steroid dienone is 2. The molecule has 0 bridgehead atoms. The van der Waals surface area contributed by atoms with E-state index in [1.165, 1.54) is 6.42 Å². The van der Waals surface area contributed by atoms with Crippen molar-refractivity contribution in [3.8, 4) is 0 Å². The van der Waals surface area contributed by atoms with Crippen LogP contribution >= 0.6 is 0 Å². The largest absolute Gasteiger partial charge is 0.398 e. The van der Waals surface area contributed by atoms with Gasteiger partial charge in [-0.3, -0.25) is 0 Å². The van der Waals surface area contributed by atoms with Gasteiger partial charge < -0.3 is 17.7 Å². The summed E-state index contributed by atoms with van der Waals surface area (Å²) in [6, 6.07) is 3.98. The molecule has 0 heterocycles. The van der Waals surface area contributed by atoms with E-state index in [4.69, 9.17) is 17.7 Å². The molecule has 6 heteroatoms. The molecule has 0 unspecified atom stereocenters. The van der Waals surface area contributed by atoms with Crippen molar-refractivity contribution in [1.29, 1.82) is 0 Å². The molecule has 0 amide bonds. The summed E-state index contributed by atoms with van der Waals surface area (Å²) in [7, 11) is 2.93. The lowest BCUT2D eigenvalue weighted by Gasteiger charge is -2.33. The van der Waals surface area contributed by atoms with Gasteiger partial charge in [-0.25, -0.2) is 0 Å². The lowest BCUT2D eigenvalue weighted by Crippen LogP contribution is -2.46. The Labute approximate surface area is 139 Å². The fourth-order valence-corrected chi connectivity index (χ4v) is 9.86. The highest BCUT2D eigenvalue weighted by molar-refractivity contribution is 6.73.